The van der Waals surface area contributed by atoms with Gasteiger partial charge < -0.3 is 10.2 Å². The normalized spacial score (nSPS) is 11.1. The topological polar surface area (TPSA) is 15.3 Å². The average Bonchev–Trinajstić information content (AvgIpc) is 2.27. The predicted molar refractivity (Wildman–Crippen MR) is 66.3 cm³/mol. The molecule has 0 aliphatic heterocycles. The minimum Gasteiger partial charge on any atom is -0.311 e. The van der Waals surface area contributed by atoms with Crippen molar-refractivity contribution in [2.45, 2.75) is 13.5 Å². The lowest BCUT2D eigenvalue weighted by Gasteiger charge is -2.14. The summed E-state index contributed by atoms with van der Waals surface area (Å²) in [6, 6.07) is 4.76. The molecule has 16 heavy (non-hydrogen) atoms. The molecule has 1 rings (SSSR count). The number of nitrogens with one attached hydrogen (secondary N) is 1. The van der Waals surface area contributed by atoms with Gasteiger partial charge in [-0.2, -0.15) is 0 Å². The van der Waals surface area contributed by atoms with Crippen LogP contribution in [-0.2, 0) is 6.54 Å². The van der Waals surface area contributed by atoms with Crippen LogP contribution in [0.4, 0.5) is 4.39 Å². The molecule has 90 valence electrons. The van der Waals surface area contributed by atoms with Gasteiger partial charge in [-0.1, -0.05) is 24.6 Å². The van der Waals surface area contributed by atoms with Crippen LogP contribution in [0.15, 0.2) is 18.2 Å². The SMILES string of the molecule is CCN(C)CCNCc1c(F)cccc1Cl. The molecule has 0 amide bonds. The van der Waals surface area contributed by atoms with Gasteiger partial charge in [0, 0.05) is 30.2 Å². The largest absolute Gasteiger partial charge is 0.311 e. The third kappa shape index (κ3) is 4.08. The molecule has 1 N–H and O–H groups in total. The number of rotatable bonds is 6. The first-order valence-corrected chi connectivity index (χ1v) is 5.85. The van der Waals surface area contributed by atoms with E-state index in [4.69, 9.17) is 11.6 Å². The maximum atomic E-state index is 13.4. The van der Waals surface area contributed by atoms with Gasteiger partial charge in [0.2, 0.25) is 0 Å². The molecule has 1 aromatic carbocycles. The van der Waals surface area contributed by atoms with Crippen molar-refractivity contribution in [3.63, 3.8) is 0 Å². The second-order valence-corrected chi connectivity index (χ2v) is 4.18. The van der Waals surface area contributed by atoms with Crippen molar-refractivity contribution in [1.82, 2.24) is 10.2 Å². The van der Waals surface area contributed by atoms with Crippen molar-refractivity contribution in [3.05, 3.63) is 34.6 Å². The Hall–Kier alpha value is -0.640. The van der Waals surface area contributed by atoms with Gasteiger partial charge >= 0.3 is 0 Å². The summed E-state index contributed by atoms with van der Waals surface area (Å²) in [6.45, 7) is 5.37. The molecular weight excluding hydrogens is 227 g/mol. The number of hydrogen-bond donors (Lipinski definition) is 1. The molecule has 0 atom stereocenters. The third-order valence-electron chi connectivity index (χ3n) is 2.57. The molecule has 0 aliphatic carbocycles. The summed E-state index contributed by atoms with van der Waals surface area (Å²) in [5.74, 6) is -0.246. The average molecular weight is 245 g/mol. The van der Waals surface area contributed by atoms with E-state index in [2.05, 4.69) is 24.2 Å². The fraction of sp³-hybridized carbons (Fsp3) is 0.500. The van der Waals surface area contributed by atoms with Crippen LogP contribution in [0.3, 0.4) is 0 Å². The van der Waals surface area contributed by atoms with E-state index in [1.807, 2.05) is 0 Å². The van der Waals surface area contributed by atoms with Crippen molar-refractivity contribution < 1.29 is 4.39 Å². The smallest absolute Gasteiger partial charge is 0.129 e. The first-order valence-electron chi connectivity index (χ1n) is 5.47. The number of hydrogen-bond acceptors (Lipinski definition) is 2. The van der Waals surface area contributed by atoms with E-state index in [0.717, 1.165) is 19.6 Å². The van der Waals surface area contributed by atoms with Crippen LogP contribution in [0.25, 0.3) is 0 Å². The summed E-state index contributed by atoms with van der Waals surface area (Å²) in [5.41, 5.74) is 0.545. The molecule has 0 aliphatic rings. The third-order valence-corrected chi connectivity index (χ3v) is 2.93. The molecule has 0 saturated carbocycles. The minimum absolute atomic E-state index is 0.246. The van der Waals surface area contributed by atoms with Crippen molar-refractivity contribution in [1.29, 1.82) is 0 Å². The quantitative estimate of drug-likeness (QED) is 0.774. The van der Waals surface area contributed by atoms with Crippen molar-refractivity contribution >= 4 is 11.6 Å². The van der Waals surface area contributed by atoms with Crippen LogP contribution >= 0.6 is 11.6 Å². The lowest BCUT2D eigenvalue weighted by atomic mass is 10.2. The number of nitrogens with zero attached hydrogens (tertiary/aromatic N) is 1. The molecule has 4 heteroatoms. The minimum atomic E-state index is -0.246. The van der Waals surface area contributed by atoms with Crippen molar-refractivity contribution in [3.8, 4) is 0 Å². The number of benzene rings is 1. The van der Waals surface area contributed by atoms with Gasteiger partial charge in [-0.05, 0) is 25.7 Å². The van der Waals surface area contributed by atoms with Gasteiger partial charge in [0.25, 0.3) is 0 Å². The maximum Gasteiger partial charge on any atom is 0.129 e. The van der Waals surface area contributed by atoms with Crippen LogP contribution in [0.5, 0.6) is 0 Å². The summed E-state index contributed by atoms with van der Waals surface area (Å²) in [7, 11) is 2.05. The van der Waals surface area contributed by atoms with E-state index in [1.54, 1.807) is 12.1 Å². The van der Waals surface area contributed by atoms with E-state index < -0.39 is 0 Å². The molecule has 0 fully saturated rings. The highest BCUT2D eigenvalue weighted by Crippen LogP contribution is 2.18. The van der Waals surface area contributed by atoms with Gasteiger partial charge in [0.05, 0.1) is 0 Å². The Morgan fingerprint density at radius 2 is 2.19 bits per heavy atom. The summed E-state index contributed by atoms with van der Waals surface area (Å²) >= 11 is 5.91. The Kier molecular flexibility index (Phi) is 5.74. The molecule has 0 aromatic heterocycles. The van der Waals surface area contributed by atoms with Crippen molar-refractivity contribution in [2.24, 2.45) is 0 Å². The van der Waals surface area contributed by atoms with E-state index in [-0.39, 0.29) is 5.82 Å². The molecule has 0 heterocycles. The zero-order valence-electron chi connectivity index (χ0n) is 9.76. The standard InChI is InChI=1S/C12H18ClFN2/c1-3-16(2)8-7-15-9-10-11(13)5-4-6-12(10)14/h4-6,15H,3,7-9H2,1-2H3. The van der Waals surface area contributed by atoms with Gasteiger partial charge in [0.1, 0.15) is 5.82 Å². The first-order chi connectivity index (χ1) is 7.65. The Balaban J connectivity index is 2.37. The predicted octanol–water partition coefficient (Wildman–Crippen LogP) is 2.52. The summed E-state index contributed by atoms with van der Waals surface area (Å²) in [6.07, 6.45) is 0. The highest BCUT2D eigenvalue weighted by molar-refractivity contribution is 6.31. The van der Waals surface area contributed by atoms with Crippen LogP contribution in [0.1, 0.15) is 12.5 Å². The zero-order chi connectivity index (χ0) is 12.0. The second kappa shape index (κ2) is 6.84. The molecule has 2 nitrogen and oxygen atoms in total. The second-order valence-electron chi connectivity index (χ2n) is 3.77. The highest BCUT2D eigenvalue weighted by Gasteiger charge is 2.05. The lowest BCUT2D eigenvalue weighted by Crippen LogP contribution is -2.29. The van der Waals surface area contributed by atoms with Gasteiger partial charge in [-0.15, -0.1) is 0 Å². The van der Waals surface area contributed by atoms with Gasteiger partial charge in [-0.3, -0.25) is 0 Å². The highest BCUT2D eigenvalue weighted by atomic mass is 35.5. The Morgan fingerprint density at radius 3 is 2.81 bits per heavy atom. The monoisotopic (exact) mass is 244 g/mol. The van der Waals surface area contributed by atoms with E-state index in [0.29, 0.717) is 17.1 Å². The molecule has 0 unspecified atom stereocenters. The molecule has 0 bridgehead atoms. The Bertz CT molecular complexity index is 311. The molecule has 1 aromatic rings. The fourth-order valence-corrected chi connectivity index (χ4v) is 1.57. The zero-order valence-corrected chi connectivity index (χ0v) is 10.5. The first kappa shape index (κ1) is 13.4. The fourth-order valence-electron chi connectivity index (χ4n) is 1.34. The Morgan fingerprint density at radius 1 is 1.44 bits per heavy atom. The Labute approximate surface area is 101 Å². The summed E-state index contributed by atoms with van der Waals surface area (Å²) in [5, 5.41) is 3.67. The molecule has 0 spiro atoms. The lowest BCUT2D eigenvalue weighted by molar-refractivity contribution is 0.348. The number of likely N-dealkylation sites (N-methyl/N-ethyl adjacent to an activating group) is 1. The molecular formula is C12H18ClFN2. The van der Waals surface area contributed by atoms with E-state index in [9.17, 15) is 4.39 Å². The van der Waals surface area contributed by atoms with Crippen LogP contribution in [0.2, 0.25) is 5.02 Å². The van der Waals surface area contributed by atoms with Crippen LogP contribution in [0, 0.1) is 5.82 Å². The summed E-state index contributed by atoms with van der Waals surface area (Å²) in [4.78, 5) is 2.19. The van der Waals surface area contributed by atoms with Gasteiger partial charge in [-0.25, -0.2) is 4.39 Å². The van der Waals surface area contributed by atoms with E-state index in [1.165, 1.54) is 6.07 Å². The van der Waals surface area contributed by atoms with Crippen molar-refractivity contribution in [2.75, 3.05) is 26.7 Å². The summed E-state index contributed by atoms with van der Waals surface area (Å²) < 4.78 is 13.4. The molecule has 0 saturated heterocycles. The van der Waals surface area contributed by atoms with Crippen LogP contribution < -0.4 is 5.32 Å². The van der Waals surface area contributed by atoms with Gasteiger partial charge in [0.15, 0.2) is 0 Å². The maximum absolute atomic E-state index is 13.4. The number of halogens is 2. The van der Waals surface area contributed by atoms with E-state index >= 15 is 0 Å². The van der Waals surface area contributed by atoms with Crippen LogP contribution in [-0.4, -0.2) is 31.6 Å². The molecule has 0 radical (unpaired) electrons.